The Morgan fingerprint density at radius 1 is 1.14 bits per heavy atom. The third-order valence-electron chi connectivity index (χ3n) is 3.67. The van der Waals surface area contributed by atoms with E-state index in [1.165, 1.54) is 6.07 Å². The second kappa shape index (κ2) is 5.36. The molecule has 0 radical (unpaired) electrons. The van der Waals surface area contributed by atoms with Gasteiger partial charge in [0.15, 0.2) is 0 Å². The molecule has 0 bridgehead atoms. The minimum Gasteiger partial charge on any atom is -0.306 e. The molecule has 0 aliphatic carbocycles. The highest BCUT2D eigenvalue weighted by Gasteiger charge is 2.31. The zero-order chi connectivity index (χ0) is 14.8. The van der Waals surface area contributed by atoms with Gasteiger partial charge < -0.3 is 4.90 Å². The van der Waals surface area contributed by atoms with E-state index in [1.807, 2.05) is 36.4 Å². The number of hydrogen-bond donors (Lipinski definition) is 0. The SMILES string of the molecule is O=C(Cc1ccccc1)N1CCc2cccc([N+](=O)[O-])c21. The number of hydrogen-bond acceptors (Lipinski definition) is 3. The van der Waals surface area contributed by atoms with Gasteiger partial charge in [-0.25, -0.2) is 0 Å². The molecule has 2 aromatic rings. The number of nitrogens with zero attached hydrogens (tertiary/aromatic N) is 2. The maximum Gasteiger partial charge on any atom is 0.293 e. The Bertz CT molecular complexity index is 698. The topological polar surface area (TPSA) is 63.5 Å². The first kappa shape index (κ1) is 13.3. The van der Waals surface area contributed by atoms with Crippen molar-refractivity contribution in [3.8, 4) is 0 Å². The summed E-state index contributed by atoms with van der Waals surface area (Å²) in [5.41, 5.74) is 2.25. The quantitative estimate of drug-likeness (QED) is 0.642. The zero-order valence-electron chi connectivity index (χ0n) is 11.4. The second-order valence-electron chi connectivity index (χ2n) is 5.00. The van der Waals surface area contributed by atoms with Crippen LogP contribution in [0.1, 0.15) is 11.1 Å². The van der Waals surface area contributed by atoms with Crippen LogP contribution in [0.5, 0.6) is 0 Å². The molecular formula is C16H14N2O3. The predicted molar refractivity (Wildman–Crippen MR) is 79.3 cm³/mol. The third-order valence-corrected chi connectivity index (χ3v) is 3.67. The minimum atomic E-state index is -0.424. The molecule has 3 rings (SSSR count). The van der Waals surface area contributed by atoms with Crippen LogP contribution in [0.15, 0.2) is 48.5 Å². The fraction of sp³-hybridized carbons (Fsp3) is 0.188. The van der Waals surface area contributed by atoms with E-state index in [0.717, 1.165) is 11.1 Å². The lowest BCUT2D eigenvalue weighted by atomic mass is 10.1. The highest BCUT2D eigenvalue weighted by atomic mass is 16.6. The van der Waals surface area contributed by atoms with Gasteiger partial charge in [0, 0.05) is 12.6 Å². The fourth-order valence-corrected chi connectivity index (χ4v) is 2.70. The van der Waals surface area contributed by atoms with E-state index in [-0.39, 0.29) is 18.0 Å². The number of fused-ring (bicyclic) bond motifs is 1. The van der Waals surface area contributed by atoms with Crippen molar-refractivity contribution in [2.24, 2.45) is 0 Å². The van der Waals surface area contributed by atoms with Crippen molar-refractivity contribution in [1.82, 2.24) is 0 Å². The smallest absolute Gasteiger partial charge is 0.293 e. The van der Waals surface area contributed by atoms with Gasteiger partial charge >= 0.3 is 0 Å². The van der Waals surface area contributed by atoms with Crippen LogP contribution in [-0.4, -0.2) is 17.4 Å². The molecule has 0 atom stereocenters. The molecule has 106 valence electrons. The third kappa shape index (κ3) is 2.50. The number of carbonyl (C=O) groups is 1. The Balaban J connectivity index is 1.90. The average Bonchev–Trinajstić information content (AvgIpc) is 2.92. The standard InChI is InChI=1S/C16H14N2O3/c19-15(11-12-5-2-1-3-6-12)17-10-9-13-7-4-8-14(16(13)17)18(20)21/h1-8H,9-11H2. The number of amides is 1. The van der Waals surface area contributed by atoms with E-state index in [1.54, 1.807) is 11.0 Å². The van der Waals surface area contributed by atoms with Gasteiger partial charge in [-0.2, -0.15) is 0 Å². The van der Waals surface area contributed by atoms with E-state index in [9.17, 15) is 14.9 Å². The van der Waals surface area contributed by atoms with Gasteiger partial charge in [0.1, 0.15) is 5.69 Å². The predicted octanol–water partition coefficient (Wildman–Crippen LogP) is 2.73. The van der Waals surface area contributed by atoms with Gasteiger partial charge in [-0.05, 0) is 17.5 Å². The summed E-state index contributed by atoms with van der Waals surface area (Å²) in [7, 11) is 0. The van der Waals surface area contributed by atoms with Gasteiger partial charge in [0.05, 0.1) is 11.3 Å². The van der Waals surface area contributed by atoms with E-state index in [0.29, 0.717) is 18.7 Å². The lowest BCUT2D eigenvalue weighted by molar-refractivity contribution is -0.384. The van der Waals surface area contributed by atoms with Crippen molar-refractivity contribution in [3.63, 3.8) is 0 Å². The summed E-state index contributed by atoms with van der Waals surface area (Å²) in [4.78, 5) is 24.7. The van der Waals surface area contributed by atoms with Crippen LogP contribution in [0, 0.1) is 10.1 Å². The maximum absolute atomic E-state index is 12.5. The van der Waals surface area contributed by atoms with Crippen molar-refractivity contribution >= 4 is 17.3 Å². The number of rotatable bonds is 3. The lowest BCUT2D eigenvalue weighted by Gasteiger charge is -2.17. The first-order chi connectivity index (χ1) is 10.2. The Labute approximate surface area is 122 Å². The van der Waals surface area contributed by atoms with Crippen LogP contribution in [0.3, 0.4) is 0 Å². The summed E-state index contributed by atoms with van der Waals surface area (Å²) in [5, 5.41) is 11.2. The number of para-hydroxylation sites is 1. The van der Waals surface area contributed by atoms with Crippen LogP contribution in [0.4, 0.5) is 11.4 Å². The van der Waals surface area contributed by atoms with E-state index in [2.05, 4.69) is 0 Å². The van der Waals surface area contributed by atoms with Gasteiger partial charge in [-0.3, -0.25) is 14.9 Å². The lowest BCUT2D eigenvalue weighted by Crippen LogP contribution is -2.30. The Kier molecular flexibility index (Phi) is 3.39. The van der Waals surface area contributed by atoms with E-state index in [4.69, 9.17) is 0 Å². The Hall–Kier alpha value is -2.69. The molecule has 0 spiro atoms. The molecule has 0 aromatic heterocycles. The number of carbonyl (C=O) groups excluding carboxylic acids is 1. The van der Waals surface area contributed by atoms with Crippen molar-refractivity contribution in [2.75, 3.05) is 11.4 Å². The first-order valence-electron chi connectivity index (χ1n) is 6.77. The summed E-state index contributed by atoms with van der Waals surface area (Å²) in [6.45, 7) is 0.506. The number of nitro groups is 1. The van der Waals surface area contributed by atoms with Crippen molar-refractivity contribution < 1.29 is 9.72 Å². The molecule has 5 heteroatoms. The Morgan fingerprint density at radius 3 is 2.62 bits per heavy atom. The number of anilines is 1. The average molecular weight is 282 g/mol. The van der Waals surface area contributed by atoms with Crippen molar-refractivity contribution in [3.05, 3.63) is 69.8 Å². The number of nitro benzene ring substituents is 1. The molecule has 0 fully saturated rings. The molecule has 1 amide bonds. The molecule has 21 heavy (non-hydrogen) atoms. The van der Waals surface area contributed by atoms with Crippen LogP contribution >= 0.6 is 0 Å². The molecule has 0 unspecified atom stereocenters. The van der Waals surface area contributed by atoms with Crippen LogP contribution in [0.2, 0.25) is 0 Å². The molecule has 1 heterocycles. The molecule has 0 saturated carbocycles. The minimum absolute atomic E-state index is 0.00594. The van der Waals surface area contributed by atoms with Gasteiger partial charge in [0.2, 0.25) is 5.91 Å². The van der Waals surface area contributed by atoms with Crippen LogP contribution < -0.4 is 4.90 Å². The van der Waals surface area contributed by atoms with E-state index < -0.39 is 4.92 Å². The van der Waals surface area contributed by atoms with Gasteiger partial charge in [-0.1, -0.05) is 42.5 Å². The molecule has 0 saturated heterocycles. The van der Waals surface area contributed by atoms with E-state index >= 15 is 0 Å². The fourth-order valence-electron chi connectivity index (χ4n) is 2.70. The molecule has 5 nitrogen and oxygen atoms in total. The summed E-state index contributed by atoms with van der Waals surface area (Å²) < 4.78 is 0. The summed E-state index contributed by atoms with van der Waals surface area (Å²) in [5.74, 6) is -0.103. The summed E-state index contributed by atoms with van der Waals surface area (Å²) in [6, 6.07) is 14.4. The molecule has 2 aromatic carbocycles. The van der Waals surface area contributed by atoms with Crippen LogP contribution in [-0.2, 0) is 17.6 Å². The monoisotopic (exact) mass is 282 g/mol. The van der Waals surface area contributed by atoms with Crippen molar-refractivity contribution in [2.45, 2.75) is 12.8 Å². The van der Waals surface area contributed by atoms with Gasteiger partial charge in [0.25, 0.3) is 5.69 Å². The Morgan fingerprint density at radius 2 is 1.90 bits per heavy atom. The maximum atomic E-state index is 12.5. The largest absolute Gasteiger partial charge is 0.306 e. The molecule has 1 aliphatic heterocycles. The molecular weight excluding hydrogens is 268 g/mol. The van der Waals surface area contributed by atoms with Crippen LogP contribution in [0.25, 0.3) is 0 Å². The normalized spacial score (nSPS) is 13.0. The first-order valence-corrected chi connectivity index (χ1v) is 6.77. The highest BCUT2D eigenvalue weighted by Crippen LogP contribution is 2.37. The summed E-state index contributed by atoms with van der Waals surface area (Å²) in [6.07, 6.45) is 0.921. The molecule has 0 N–H and O–H groups in total. The summed E-state index contributed by atoms with van der Waals surface area (Å²) >= 11 is 0. The number of benzene rings is 2. The zero-order valence-corrected chi connectivity index (χ0v) is 11.4. The second-order valence-corrected chi connectivity index (χ2v) is 5.00. The highest BCUT2D eigenvalue weighted by molar-refractivity contribution is 5.99. The van der Waals surface area contributed by atoms with Crippen molar-refractivity contribution in [1.29, 1.82) is 0 Å². The molecule has 1 aliphatic rings. The van der Waals surface area contributed by atoms with Gasteiger partial charge in [-0.15, -0.1) is 0 Å².